The van der Waals surface area contributed by atoms with Crippen molar-refractivity contribution in [3.05, 3.63) is 35.9 Å². The number of tetrazole rings is 1. The van der Waals surface area contributed by atoms with Gasteiger partial charge in [0.15, 0.2) is 0 Å². The summed E-state index contributed by atoms with van der Waals surface area (Å²) in [5, 5.41) is 14.4. The molecule has 2 rings (SSSR count). The third-order valence-electron chi connectivity index (χ3n) is 1.59. The molecule has 0 aliphatic rings. The van der Waals surface area contributed by atoms with Gasteiger partial charge < -0.3 is 5.73 Å². The van der Waals surface area contributed by atoms with E-state index in [1.807, 2.05) is 30.3 Å². The van der Waals surface area contributed by atoms with Crippen molar-refractivity contribution in [2.75, 3.05) is 5.73 Å². The van der Waals surface area contributed by atoms with Crippen molar-refractivity contribution in [2.45, 2.75) is 0 Å². The Morgan fingerprint density at radius 3 is 2.71 bits per heavy atom. The molecule has 2 N–H and O–H groups in total. The van der Waals surface area contributed by atoms with Crippen LogP contribution in [0.1, 0.15) is 5.56 Å². The Morgan fingerprint density at radius 2 is 2.07 bits per heavy atom. The second kappa shape index (κ2) is 3.65. The molecule has 2 aromatic rings. The summed E-state index contributed by atoms with van der Waals surface area (Å²) in [6, 6.07) is 9.62. The van der Waals surface area contributed by atoms with E-state index in [0.29, 0.717) is 0 Å². The smallest absolute Gasteiger partial charge is 0.263 e. The molecule has 0 saturated heterocycles. The van der Waals surface area contributed by atoms with Crippen LogP contribution in [0.4, 0.5) is 5.95 Å². The highest BCUT2D eigenvalue weighted by atomic mass is 15.7. The van der Waals surface area contributed by atoms with Crippen LogP contribution < -0.4 is 5.73 Å². The minimum absolute atomic E-state index is 0.164. The number of benzene rings is 1. The number of nitrogens with two attached hydrogens (primary N) is 1. The Kier molecular flexibility index (Phi) is 2.18. The highest BCUT2D eigenvalue weighted by molar-refractivity contribution is 5.79. The second-order valence-corrected chi connectivity index (χ2v) is 2.58. The van der Waals surface area contributed by atoms with E-state index in [1.165, 1.54) is 0 Å². The van der Waals surface area contributed by atoms with Gasteiger partial charge in [0.05, 0.1) is 6.21 Å². The van der Waals surface area contributed by atoms with Crippen LogP contribution in [0.3, 0.4) is 0 Å². The van der Waals surface area contributed by atoms with Crippen LogP contribution in [0.15, 0.2) is 35.4 Å². The first kappa shape index (κ1) is 8.36. The largest absolute Gasteiger partial charge is 0.365 e. The molecule has 6 heteroatoms. The Hall–Kier alpha value is -2.24. The number of aromatic nitrogens is 4. The molecule has 0 atom stereocenters. The molecule has 1 aromatic heterocycles. The SMILES string of the molecule is Nc1nnnn1/N=C\c1ccccc1. The van der Waals surface area contributed by atoms with Crippen molar-refractivity contribution >= 4 is 12.2 Å². The zero-order valence-electron chi connectivity index (χ0n) is 7.28. The lowest BCUT2D eigenvalue weighted by Crippen LogP contribution is -1.99. The molecule has 0 bridgehead atoms. The first-order chi connectivity index (χ1) is 6.86. The maximum atomic E-state index is 5.42. The van der Waals surface area contributed by atoms with Gasteiger partial charge in [0, 0.05) is 0 Å². The molecule has 6 nitrogen and oxygen atoms in total. The highest BCUT2D eigenvalue weighted by Crippen LogP contribution is 1.95. The van der Waals surface area contributed by atoms with Crippen molar-refractivity contribution in [1.29, 1.82) is 0 Å². The van der Waals surface area contributed by atoms with Crippen LogP contribution in [0, 0.1) is 0 Å². The Morgan fingerprint density at radius 1 is 1.29 bits per heavy atom. The standard InChI is InChI=1S/C8H8N6/c9-8-11-12-13-14(8)10-6-7-4-2-1-3-5-7/h1-6H,(H2,9,11,13)/b10-6-. The molecular formula is C8H8N6. The number of anilines is 1. The first-order valence-corrected chi connectivity index (χ1v) is 3.99. The van der Waals surface area contributed by atoms with Crippen LogP contribution in [0.2, 0.25) is 0 Å². The maximum Gasteiger partial charge on any atom is 0.263 e. The van der Waals surface area contributed by atoms with Crippen LogP contribution >= 0.6 is 0 Å². The van der Waals surface area contributed by atoms with Crippen LogP contribution in [-0.2, 0) is 0 Å². The molecule has 0 radical (unpaired) electrons. The summed E-state index contributed by atoms with van der Waals surface area (Å²) >= 11 is 0. The molecule has 1 aromatic carbocycles. The molecule has 0 fully saturated rings. The van der Waals surface area contributed by atoms with E-state index in [-0.39, 0.29) is 5.95 Å². The van der Waals surface area contributed by atoms with Crippen LogP contribution in [-0.4, -0.2) is 26.5 Å². The fourth-order valence-corrected chi connectivity index (χ4v) is 0.932. The molecule has 0 spiro atoms. The van der Waals surface area contributed by atoms with Crippen molar-refractivity contribution in [3.8, 4) is 0 Å². The number of nitrogen functional groups attached to an aromatic ring is 1. The molecule has 0 aliphatic heterocycles. The van der Waals surface area contributed by atoms with Gasteiger partial charge >= 0.3 is 0 Å². The molecule has 70 valence electrons. The van der Waals surface area contributed by atoms with Crippen molar-refractivity contribution in [3.63, 3.8) is 0 Å². The van der Waals surface area contributed by atoms with Gasteiger partial charge in [-0.2, -0.15) is 5.10 Å². The molecule has 0 aliphatic carbocycles. The van der Waals surface area contributed by atoms with Gasteiger partial charge in [-0.3, -0.25) is 0 Å². The summed E-state index contributed by atoms with van der Waals surface area (Å²) in [7, 11) is 0. The molecule has 0 amide bonds. The normalized spacial score (nSPS) is 10.9. The zero-order valence-corrected chi connectivity index (χ0v) is 7.28. The van der Waals surface area contributed by atoms with Crippen LogP contribution in [0.25, 0.3) is 0 Å². The predicted molar refractivity (Wildman–Crippen MR) is 51.7 cm³/mol. The van der Waals surface area contributed by atoms with Crippen molar-refractivity contribution in [2.24, 2.45) is 5.10 Å². The van der Waals surface area contributed by atoms with Gasteiger partial charge in [0.25, 0.3) is 5.95 Å². The Balaban J connectivity index is 2.20. The van der Waals surface area contributed by atoms with Crippen LogP contribution in [0.5, 0.6) is 0 Å². The first-order valence-electron chi connectivity index (χ1n) is 3.99. The van der Waals surface area contributed by atoms with Crippen molar-refractivity contribution < 1.29 is 0 Å². The van der Waals surface area contributed by atoms with E-state index < -0.39 is 0 Å². The fourth-order valence-electron chi connectivity index (χ4n) is 0.932. The number of nitrogens with zero attached hydrogens (tertiary/aromatic N) is 5. The average Bonchev–Trinajstić information content (AvgIpc) is 2.63. The Bertz CT molecular complexity index is 432. The summed E-state index contributed by atoms with van der Waals surface area (Å²) in [5.41, 5.74) is 6.38. The predicted octanol–water partition coefficient (Wildman–Crippen LogP) is 0.137. The van der Waals surface area contributed by atoms with Gasteiger partial charge in [-0.1, -0.05) is 40.2 Å². The van der Waals surface area contributed by atoms with Gasteiger partial charge in [0.2, 0.25) is 0 Å². The average molecular weight is 188 g/mol. The quantitative estimate of drug-likeness (QED) is 0.679. The number of hydrogen-bond donors (Lipinski definition) is 1. The number of rotatable bonds is 2. The van der Waals surface area contributed by atoms with E-state index in [0.717, 1.165) is 10.4 Å². The molecule has 1 heterocycles. The summed E-state index contributed by atoms with van der Waals surface area (Å²) in [5.74, 6) is 0.164. The Labute approximate surface area is 80.0 Å². The summed E-state index contributed by atoms with van der Waals surface area (Å²) < 4.78 is 0. The second-order valence-electron chi connectivity index (χ2n) is 2.58. The van der Waals surface area contributed by atoms with E-state index in [4.69, 9.17) is 5.73 Å². The minimum Gasteiger partial charge on any atom is -0.365 e. The fraction of sp³-hybridized carbons (Fsp3) is 0. The van der Waals surface area contributed by atoms with Gasteiger partial charge in [-0.25, -0.2) is 0 Å². The van der Waals surface area contributed by atoms with E-state index in [1.54, 1.807) is 6.21 Å². The third-order valence-corrected chi connectivity index (χ3v) is 1.59. The zero-order chi connectivity index (χ0) is 9.80. The summed E-state index contributed by atoms with van der Waals surface area (Å²) in [4.78, 5) is 1.16. The lowest BCUT2D eigenvalue weighted by molar-refractivity contribution is 0.699. The van der Waals surface area contributed by atoms with E-state index in [2.05, 4.69) is 20.6 Å². The molecule has 14 heavy (non-hydrogen) atoms. The van der Waals surface area contributed by atoms with Gasteiger partial charge in [-0.05, 0) is 16.0 Å². The van der Waals surface area contributed by atoms with E-state index in [9.17, 15) is 0 Å². The molecule has 0 unspecified atom stereocenters. The summed E-state index contributed by atoms with van der Waals surface area (Å²) in [6.07, 6.45) is 1.63. The monoisotopic (exact) mass is 188 g/mol. The third kappa shape index (κ3) is 1.74. The molecular weight excluding hydrogens is 180 g/mol. The summed E-state index contributed by atoms with van der Waals surface area (Å²) in [6.45, 7) is 0. The topological polar surface area (TPSA) is 82.0 Å². The highest BCUT2D eigenvalue weighted by Gasteiger charge is 1.95. The van der Waals surface area contributed by atoms with Gasteiger partial charge in [-0.15, -0.1) is 0 Å². The maximum absolute atomic E-state index is 5.42. The minimum atomic E-state index is 0.164. The lowest BCUT2D eigenvalue weighted by atomic mass is 10.2. The molecule has 0 saturated carbocycles. The van der Waals surface area contributed by atoms with Gasteiger partial charge in [0.1, 0.15) is 0 Å². The van der Waals surface area contributed by atoms with Crippen molar-refractivity contribution in [1.82, 2.24) is 20.3 Å². The van der Waals surface area contributed by atoms with E-state index >= 15 is 0 Å². The lowest BCUT2D eigenvalue weighted by Gasteiger charge is -1.91. The number of hydrogen-bond acceptors (Lipinski definition) is 5.